The number of benzene rings is 2. The normalized spacial score (nSPS) is 11.4. The van der Waals surface area contributed by atoms with E-state index in [1.807, 2.05) is 13.0 Å². The fourth-order valence-corrected chi connectivity index (χ4v) is 2.60. The monoisotopic (exact) mass is 377 g/mol. The SMILES string of the molecule is COc1cccc(OC)c1C(=O)OCC(=O)N[C@@H](C)c1cccc(Cl)c1. The number of carbonyl (C=O) groups is 2. The summed E-state index contributed by atoms with van der Waals surface area (Å²) in [6.45, 7) is 1.39. The average Bonchev–Trinajstić information content (AvgIpc) is 2.65. The lowest BCUT2D eigenvalue weighted by atomic mass is 10.1. The smallest absolute Gasteiger partial charge is 0.346 e. The maximum atomic E-state index is 12.3. The van der Waals surface area contributed by atoms with Crippen LogP contribution in [-0.2, 0) is 9.53 Å². The van der Waals surface area contributed by atoms with Crippen LogP contribution in [0.4, 0.5) is 0 Å². The molecule has 1 atom stereocenters. The van der Waals surface area contributed by atoms with Gasteiger partial charge >= 0.3 is 5.97 Å². The van der Waals surface area contributed by atoms with E-state index in [9.17, 15) is 9.59 Å². The Kier molecular flexibility index (Phi) is 6.86. The number of nitrogens with one attached hydrogen (secondary N) is 1. The molecule has 0 spiro atoms. The molecule has 2 aromatic rings. The summed E-state index contributed by atoms with van der Waals surface area (Å²) in [6, 6.07) is 11.8. The third kappa shape index (κ3) is 4.89. The number of methoxy groups -OCH3 is 2. The molecule has 0 aliphatic rings. The van der Waals surface area contributed by atoms with E-state index in [0.29, 0.717) is 16.5 Å². The lowest BCUT2D eigenvalue weighted by Crippen LogP contribution is -2.31. The predicted molar refractivity (Wildman–Crippen MR) is 97.8 cm³/mol. The van der Waals surface area contributed by atoms with Gasteiger partial charge in [0.25, 0.3) is 5.91 Å². The van der Waals surface area contributed by atoms with Crippen molar-refractivity contribution in [1.29, 1.82) is 0 Å². The Hall–Kier alpha value is -2.73. The minimum absolute atomic E-state index is 0.133. The van der Waals surface area contributed by atoms with Gasteiger partial charge in [-0.15, -0.1) is 0 Å². The predicted octanol–water partition coefficient (Wildman–Crippen LogP) is 3.39. The van der Waals surface area contributed by atoms with Crippen LogP contribution in [0.5, 0.6) is 11.5 Å². The third-order valence-electron chi connectivity index (χ3n) is 3.69. The van der Waals surface area contributed by atoms with E-state index in [-0.39, 0.29) is 11.6 Å². The number of hydrogen-bond donors (Lipinski definition) is 1. The van der Waals surface area contributed by atoms with Crippen molar-refractivity contribution >= 4 is 23.5 Å². The molecule has 0 aliphatic heterocycles. The molecule has 0 unspecified atom stereocenters. The molecule has 26 heavy (non-hydrogen) atoms. The fourth-order valence-electron chi connectivity index (χ4n) is 2.40. The largest absolute Gasteiger partial charge is 0.496 e. The van der Waals surface area contributed by atoms with Crippen LogP contribution in [0.3, 0.4) is 0 Å². The summed E-state index contributed by atoms with van der Waals surface area (Å²) < 4.78 is 15.4. The summed E-state index contributed by atoms with van der Waals surface area (Å²) in [5.41, 5.74) is 0.983. The van der Waals surface area contributed by atoms with Crippen LogP contribution in [-0.4, -0.2) is 32.7 Å². The van der Waals surface area contributed by atoms with Gasteiger partial charge in [0, 0.05) is 5.02 Å². The number of halogens is 1. The Morgan fingerprint density at radius 3 is 2.27 bits per heavy atom. The second-order valence-electron chi connectivity index (χ2n) is 5.46. The minimum Gasteiger partial charge on any atom is -0.496 e. The zero-order chi connectivity index (χ0) is 19.1. The molecule has 0 saturated heterocycles. The van der Waals surface area contributed by atoms with Crippen molar-refractivity contribution in [1.82, 2.24) is 5.32 Å². The second kappa shape index (κ2) is 9.10. The zero-order valence-corrected chi connectivity index (χ0v) is 15.5. The summed E-state index contributed by atoms with van der Waals surface area (Å²) in [7, 11) is 2.87. The molecule has 7 heteroatoms. The van der Waals surface area contributed by atoms with Crippen molar-refractivity contribution < 1.29 is 23.8 Å². The average molecular weight is 378 g/mol. The maximum absolute atomic E-state index is 12.3. The number of carbonyl (C=O) groups excluding carboxylic acids is 2. The number of esters is 1. The number of rotatable bonds is 7. The molecule has 0 saturated carbocycles. The Morgan fingerprint density at radius 2 is 1.69 bits per heavy atom. The first kappa shape index (κ1) is 19.6. The number of ether oxygens (including phenoxy) is 3. The van der Waals surface area contributed by atoms with Gasteiger partial charge in [-0.05, 0) is 36.8 Å². The van der Waals surface area contributed by atoms with E-state index in [1.165, 1.54) is 14.2 Å². The molecule has 0 heterocycles. The minimum atomic E-state index is -0.704. The van der Waals surface area contributed by atoms with E-state index >= 15 is 0 Å². The summed E-state index contributed by atoms with van der Waals surface area (Å²) in [5, 5.41) is 3.33. The molecule has 0 fully saturated rings. The molecule has 138 valence electrons. The van der Waals surface area contributed by atoms with Crippen LogP contribution >= 0.6 is 11.6 Å². The summed E-state index contributed by atoms with van der Waals surface area (Å²) in [6.07, 6.45) is 0. The molecule has 0 bridgehead atoms. The highest BCUT2D eigenvalue weighted by atomic mass is 35.5. The highest BCUT2D eigenvalue weighted by Gasteiger charge is 2.21. The highest BCUT2D eigenvalue weighted by Crippen LogP contribution is 2.28. The molecule has 6 nitrogen and oxygen atoms in total. The zero-order valence-electron chi connectivity index (χ0n) is 14.7. The van der Waals surface area contributed by atoms with Crippen molar-refractivity contribution in [2.24, 2.45) is 0 Å². The van der Waals surface area contributed by atoms with Crippen molar-refractivity contribution in [3.05, 3.63) is 58.6 Å². The second-order valence-corrected chi connectivity index (χ2v) is 5.89. The van der Waals surface area contributed by atoms with Crippen molar-refractivity contribution in [2.75, 3.05) is 20.8 Å². The van der Waals surface area contributed by atoms with E-state index in [1.54, 1.807) is 36.4 Å². The topological polar surface area (TPSA) is 73.9 Å². The fraction of sp³-hybridized carbons (Fsp3) is 0.263. The molecule has 2 aromatic carbocycles. The lowest BCUT2D eigenvalue weighted by molar-refractivity contribution is -0.124. The highest BCUT2D eigenvalue weighted by molar-refractivity contribution is 6.30. The molecular formula is C19H20ClNO5. The van der Waals surface area contributed by atoms with Gasteiger partial charge in [-0.1, -0.05) is 29.8 Å². The van der Waals surface area contributed by atoms with Crippen LogP contribution in [0.1, 0.15) is 28.9 Å². The van der Waals surface area contributed by atoms with Gasteiger partial charge in [0.05, 0.1) is 20.3 Å². The Morgan fingerprint density at radius 1 is 1.08 bits per heavy atom. The Labute approximate surface area is 157 Å². The van der Waals surface area contributed by atoms with Crippen LogP contribution in [0.15, 0.2) is 42.5 Å². The molecule has 1 N–H and O–H groups in total. The maximum Gasteiger partial charge on any atom is 0.346 e. The van der Waals surface area contributed by atoms with E-state index in [0.717, 1.165) is 5.56 Å². The quantitative estimate of drug-likeness (QED) is 0.748. The number of hydrogen-bond acceptors (Lipinski definition) is 5. The van der Waals surface area contributed by atoms with E-state index < -0.39 is 18.5 Å². The van der Waals surface area contributed by atoms with E-state index in [4.69, 9.17) is 25.8 Å². The van der Waals surface area contributed by atoms with Crippen molar-refractivity contribution in [3.63, 3.8) is 0 Å². The van der Waals surface area contributed by atoms with Crippen molar-refractivity contribution in [3.8, 4) is 11.5 Å². The van der Waals surface area contributed by atoms with Gasteiger partial charge < -0.3 is 19.5 Å². The standard InChI is InChI=1S/C19H20ClNO5/c1-12(13-6-4-7-14(20)10-13)21-17(22)11-26-19(23)18-15(24-2)8-5-9-16(18)25-3/h4-10,12H,11H2,1-3H3,(H,21,22)/t12-/m0/s1. The van der Waals surface area contributed by atoms with Crippen molar-refractivity contribution in [2.45, 2.75) is 13.0 Å². The molecule has 0 aromatic heterocycles. The van der Waals surface area contributed by atoms with Crippen LogP contribution < -0.4 is 14.8 Å². The van der Waals surface area contributed by atoms with Gasteiger partial charge in [0.15, 0.2) is 6.61 Å². The van der Waals surface area contributed by atoms with Crippen LogP contribution in [0, 0.1) is 0 Å². The summed E-state index contributed by atoms with van der Waals surface area (Å²) in [5.74, 6) is -0.520. The molecule has 1 amide bonds. The summed E-state index contributed by atoms with van der Waals surface area (Å²) in [4.78, 5) is 24.4. The molecular weight excluding hydrogens is 358 g/mol. The van der Waals surface area contributed by atoms with Gasteiger partial charge in [-0.2, -0.15) is 0 Å². The molecule has 2 rings (SSSR count). The lowest BCUT2D eigenvalue weighted by Gasteiger charge is -2.15. The summed E-state index contributed by atoms with van der Waals surface area (Å²) >= 11 is 5.95. The first-order valence-electron chi connectivity index (χ1n) is 7.89. The number of amides is 1. The van der Waals surface area contributed by atoms with Gasteiger partial charge in [0.1, 0.15) is 17.1 Å². The first-order valence-corrected chi connectivity index (χ1v) is 8.27. The van der Waals surface area contributed by atoms with Gasteiger partial charge in [0.2, 0.25) is 0 Å². The molecule has 0 aliphatic carbocycles. The third-order valence-corrected chi connectivity index (χ3v) is 3.93. The Balaban J connectivity index is 1.98. The van der Waals surface area contributed by atoms with Crippen LogP contribution in [0.25, 0.3) is 0 Å². The van der Waals surface area contributed by atoms with Crippen LogP contribution in [0.2, 0.25) is 5.02 Å². The van der Waals surface area contributed by atoms with Gasteiger partial charge in [-0.25, -0.2) is 4.79 Å². The van der Waals surface area contributed by atoms with E-state index in [2.05, 4.69) is 5.32 Å². The van der Waals surface area contributed by atoms with Gasteiger partial charge in [-0.3, -0.25) is 4.79 Å². The molecule has 0 radical (unpaired) electrons. The first-order chi connectivity index (χ1) is 12.5. The Bertz CT molecular complexity index is 771.